The summed E-state index contributed by atoms with van der Waals surface area (Å²) in [6.45, 7) is 1.84. The van der Waals surface area contributed by atoms with Gasteiger partial charge in [0.2, 0.25) is 0 Å². The maximum Gasteiger partial charge on any atom is 0.304 e. The number of benzene rings is 2. The van der Waals surface area contributed by atoms with Crippen LogP contribution in [0, 0.1) is 5.92 Å². The van der Waals surface area contributed by atoms with Crippen molar-refractivity contribution in [2.45, 2.75) is 19.8 Å². The largest absolute Gasteiger partial charge is 0.481 e. The number of halogens is 1. The second-order valence-electron chi connectivity index (χ2n) is 5.15. The van der Waals surface area contributed by atoms with E-state index in [1.807, 2.05) is 43.3 Å². The Balaban J connectivity index is 2.19. The quantitative estimate of drug-likeness (QED) is 0.752. The Morgan fingerprint density at radius 1 is 1.00 bits per heavy atom. The van der Waals surface area contributed by atoms with Gasteiger partial charge in [-0.3, -0.25) is 9.59 Å². The zero-order chi connectivity index (χ0) is 16.1. The molecule has 0 bridgehead atoms. The highest BCUT2D eigenvalue weighted by molar-refractivity contribution is 9.10. The van der Waals surface area contributed by atoms with Gasteiger partial charge >= 0.3 is 5.97 Å². The van der Waals surface area contributed by atoms with Crippen LogP contribution in [0.3, 0.4) is 0 Å². The first-order valence-electron chi connectivity index (χ1n) is 7.13. The fourth-order valence-corrected chi connectivity index (χ4v) is 2.60. The van der Waals surface area contributed by atoms with Crippen LogP contribution in [0.1, 0.15) is 30.1 Å². The number of carboxylic acid groups (broad SMARTS) is 1. The molecule has 2 aromatic rings. The normalized spacial score (nSPS) is 11.9. The molecular formula is C18H17BrO3. The topological polar surface area (TPSA) is 54.4 Å². The number of aliphatic carboxylic acids is 1. The van der Waals surface area contributed by atoms with E-state index in [2.05, 4.69) is 15.9 Å². The molecule has 2 rings (SSSR count). The van der Waals surface area contributed by atoms with E-state index in [4.69, 9.17) is 5.11 Å². The lowest BCUT2D eigenvalue weighted by Gasteiger charge is -2.11. The maximum absolute atomic E-state index is 12.3. The van der Waals surface area contributed by atoms with E-state index in [0.29, 0.717) is 12.0 Å². The molecule has 0 amide bonds. The molecule has 0 fully saturated rings. The Hall–Kier alpha value is -1.94. The summed E-state index contributed by atoms with van der Waals surface area (Å²) in [5.41, 5.74) is 2.66. The molecule has 0 aliphatic heterocycles. The van der Waals surface area contributed by atoms with Gasteiger partial charge in [-0.1, -0.05) is 59.3 Å². The van der Waals surface area contributed by atoms with Crippen molar-refractivity contribution in [3.63, 3.8) is 0 Å². The van der Waals surface area contributed by atoms with Gasteiger partial charge in [-0.15, -0.1) is 0 Å². The number of carbonyl (C=O) groups is 2. The van der Waals surface area contributed by atoms with Crippen LogP contribution in [-0.2, 0) is 4.79 Å². The maximum atomic E-state index is 12.3. The van der Waals surface area contributed by atoms with Gasteiger partial charge in [-0.25, -0.2) is 0 Å². The van der Waals surface area contributed by atoms with Crippen LogP contribution in [0.15, 0.2) is 53.0 Å². The molecule has 114 valence electrons. The molecule has 1 atom stereocenters. The van der Waals surface area contributed by atoms with Crippen LogP contribution >= 0.6 is 15.9 Å². The summed E-state index contributed by atoms with van der Waals surface area (Å²) in [5, 5.41) is 8.87. The molecule has 0 heterocycles. The predicted molar refractivity (Wildman–Crippen MR) is 89.9 cm³/mol. The minimum Gasteiger partial charge on any atom is -0.481 e. The van der Waals surface area contributed by atoms with Gasteiger partial charge < -0.3 is 5.11 Å². The number of Topliss-reactive ketones (excluding diaryl/α,β-unsaturated/α-hetero) is 1. The fourth-order valence-electron chi connectivity index (χ4n) is 2.34. The van der Waals surface area contributed by atoms with E-state index < -0.39 is 11.9 Å². The van der Waals surface area contributed by atoms with Gasteiger partial charge in [0.05, 0.1) is 6.42 Å². The van der Waals surface area contributed by atoms with Crippen molar-refractivity contribution >= 4 is 27.7 Å². The van der Waals surface area contributed by atoms with E-state index in [9.17, 15) is 9.59 Å². The molecule has 0 saturated heterocycles. The van der Waals surface area contributed by atoms with E-state index in [0.717, 1.165) is 15.6 Å². The Morgan fingerprint density at radius 2 is 1.50 bits per heavy atom. The van der Waals surface area contributed by atoms with Gasteiger partial charge in [0.25, 0.3) is 0 Å². The number of carboxylic acids is 1. The highest BCUT2D eigenvalue weighted by Crippen LogP contribution is 2.23. The van der Waals surface area contributed by atoms with Gasteiger partial charge in [0.15, 0.2) is 5.78 Å². The molecule has 0 radical (unpaired) electrons. The molecular weight excluding hydrogens is 344 g/mol. The lowest BCUT2D eigenvalue weighted by Crippen LogP contribution is -2.17. The first-order chi connectivity index (χ1) is 10.5. The lowest BCUT2D eigenvalue weighted by atomic mass is 9.91. The van der Waals surface area contributed by atoms with Crippen LogP contribution in [-0.4, -0.2) is 16.9 Å². The lowest BCUT2D eigenvalue weighted by molar-refractivity contribution is -0.137. The van der Waals surface area contributed by atoms with Crippen LogP contribution in [0.5, 0.6) is 0 Å². The summed E-state index contributed by atoms with van der Waals surface area (Å²) < 4.78 is 1.02. The average Bonchev–Trinajstić information content (AvgIpc) is 2.52. The van der Waals surface area contributed by atoms with Crippen LogP contribution in [0.2, 0.25) is 0 Å². The van der Waals surface area contributed by atoms with Crippen molar-refractivity contribution in [3.8, 4) is 11.1 Å². The number of ketones is 1. The average molecular weight is 361 g/mol. The highest BCUT2D eigenvalue weighted by atomic mass is 79.9. The molecule has 3 nitrogen and oxygen atoms in total. The Labute approximate surface area is 138 Å². The molecule has 0 saturated carbocycles. The summed E-state index contributed by atoms with van der Waals surface area (Å²) in [7, 11) is 0. The molecule has 0 spiro atoms. The van der Waals surface area contributed by atoms with E-state index in [1.54, 1.807) is 12.1 Å². The van der Waals surface area contributed by atoms with E-state index in [-0.39, 0.29) is 12.2 Å². The van der Waals surface area contributed by atoms with E-state index >= 15 is 0 Å². The SMILES string of the molecule is CCC(CC(=O)O)C(=O)c1ccc(-c2ccc(Br)cc2)cc1. The molecule has 0 aliphatic rings. The minimum atomic E-state index is -0.938. The third-order valence-electron chi connectivity index (χ3n) is 3.63. The van der Waals surface area contributed by atoms with Crippen molar-refractivity contribution in [2.75, 3.05) is 0 Å². The monoisotopic (exact) mass is 360 g/mol. The van der Waals surface area contributed by atoms with Crippen molar-refractivity contribution < 1.29 is 14.7 Å². The molecule has 0 aliphatic carbocycles. The molecule has 1 unspecified atom stereocenters. The number of carbonyl (C=O) groups excluding carboxylic acids is 1. The summed E-state index contributed by atoms with van der Waals surface area (Å²) in [4.78, 5) is 23.1. The minimum absolute atomic E-state index is 0.104. The fraction of sp³-hybridized carbons (Fsp3) is 0.222. The summed E-state index contributed by atoms with van der Waals surface area (Å²) in [6.07, 6.45) is 0.406. The predicted octanol–water partition coefficient (Wildman–Crippen LogP) is 4.80. The molecule has 4 heteroatoms. The van der Waals surface area contributed by atoms with Crippen LogP contribution in [0.4, 0.5) is 0 Å². The van der Waals surface area contributed by atoms with Crippen molar-refractivity contribution in [1.82, 2.24) is 0 Å². The number of hydrogen-bond acceptors (Lipinski definition) is 2. The zero-order valence-electron chi connectivity index (χ0n) is 12.3. The highest BCUT2D eigenvalue weighted by Gasteiger charge is 2.21. The van der Waals surface area contributed by atoms with E-state index in [1.165, 1.54) is 0 Å². The smallest absolute Gasteiger partial charge is 0.304 e. The first kappa shape index (κ1) is 16.4. The molecule has 22 heavy (non-hydrogen) atoms. The second kappa shape index (κ2) is 7.36. The zero-order valence-corrected chi connectivity index (χ0v) is 13.8. The summed E-state index contributed by atoms with van der Waals surface area (Å²) in [5.74, 6) is -1.50. The Kier molecular flexibility index (Phi) is 5.50. The van der Waals surface area contributed by atoms with Gasteiger partial charge in [-0.2, -0.15) is 0 Å². The Morgan fingerprint density at radius 3 is 1.95 bits per heavy atom. The molecule has 2 aromatic carbocycles. The summed E-state index contributed by atoms with van der Waals surface area (Å²) >= 11 is 3.40. The summed E-state index contributed by atoms with van der Waals surface area (Å²) in [6, 6.07) is 15.3. The molecule has 0 aromatic heterocycles. The van der Waals surface area contributed by atoms with Crippen molar-refractivity contribution in [2.24, 2.45) is 5.92 Å². The number of rotatable bonds is 6. The van der Waals surface area contributed by atoms with Crippen LogP contribution < -0.4 is 0 Å². The van der Waals surface area contributed by atoms with Crippen LogP contribution in [0.25, 0.3) is 11.1 Å². The van der Waals surface area contributed by atoms with Gasteiger partial charge in [0.1, 0.15) is 0 Å². The van der Waals surface area contributed by atoms with Gasteiger partial charge in [0, 0.05) is 16.0 Å². The standard InChI is InChI=1S/C18H17BrO3/c1-2-12(11-17(20)21)18(22)15-5-3-13(4-6-15)14-7-9-16(19)10-8-14/h3-10,12H,2,11H2,1H3,(H,20,21). The first-order valence-corrected chi connectivity index (χ1v) is 7.92. The molecule has 1 N–H and O–H groups in total. The van der Waals surface area contributed by atoms with Crippen molar-refractivity contribution in [3.05, 3.63) is 58.6 Å². The third kappa shape index (κ3) is 4.04. The van der Waals surface area contributed by atoms with Crippen molar-refractivity contribution in [1.29, 1.82) is 0 Å². The third-order valence-corrected chi connectivity index (χ3v) is 4.16. The number of hydrogen-bond donors (Lipinski definition) is 1. The Bertz CT molecular complexity index is 660. The van der Waals surface area contributed by atoms with Gasteiger partial charge in [-0.05, 0) is 29.7 Å². The second-order valence-corrected chi connectivity index (χ2v) is 6.07.